The van der Waals surface area contributed by atoms with E-state index in [0.29, 0.717) is 12.2 Å². The van der Waals surface area contributed by atoms with Gasteiger partial charge >= 0.3 is 23.6 Å². The Morgan fingerprint density at radius 3 is 2.00 bits per heavy atom. The summed E-state index contributed by atoms with van der Waals surface area (Å²) in [5.74, 6) is 0.825. The number of fused-ring (bicyclic) bond motifs is 12. The maximum atomic E-state index is 12.1. The van der Waals surface area contributed by atoms with Crippen molar-refractivity contribution >= 4 is 74.0 Å². The van der Waals surface area contributed by atoms with E-state index in [0.717, 1.165) is 112 Å². The van der Waals surface area contributed by atoms with Crippen LogP contribution in [0.3, 0.4) is 0 Å². The molecule has 8 aromatic rings. The van der Waals surface area contributed by atoms with Crippen LogP contribution in [0.25, 0.3) is 38.4 Å². The highest BCUT2D eigenvalue weighted by Crippen LogP contribution is 2.57. The molecule has 6 aliphatic heterocycles. The van der Waals surface area contributed by atoms with Crippen molar-refractivity contribution in [2.24, 2.45) is 9.98 Å². The monoisotopic (exact) mass is 762 g/mol. The van der Waals surface area contributed by atoms with Gasteiger partial charge in [-0.3, -0.25) is 4.79 Å². The molecule has 274 valence electrons. The van der Waals surface area contributed by atoms with Gasteiger partial charge in [-0.1, -0.05) is 84.9 Å². The van der Waals surface area contributed by atoms with Crippen LogP contribution in [0.1, 0.15) is 49.4 Å². The quantitative estimate of drug-likeness (QED) is 0.162. The molecule has 1 N–H and O–H groups in total. The first-order valence-corrected chi connectivity index (χ1v) is 19.4. The lowest BCUT2D eigenvalue weighted by Crippen LogP contribution is -2.71. The first kappa shape index (κ1) is 30.9. The number of carboxylic acid groups (broad SMARTS) is 1. The maximum Gasteiger partial charge on any atom is 0.441 e. The highest BCUT2D eigenvalue weighted by atomic mass is 16.5. The highest BCUT2D eigenvalue weighted by molar-refractivity contribution is 6.36. The number of hydrogen-bond acceptors (Lipinski definition) is 5. The smallest absolute Gasteiger partial charge is 0.441 e. The van der Waals surface area contributed by atoms with Gasteiger partial charge in [0.15, 0.2) is 11.4 Å². The lowest BCUT2D eigenvalue weighted by Gasteiger charge is -2.42. The molecule has 6 aliphatic rings. The molecule has 1 atom stereocenters. The number of carbonyl (C=O) groups excluding carboxylic acids is 1. The lowest BCUT2D eigenvalue weighted by molar-refractivity contribution is -0.798. The Kier molecular flexibility index (Phi) is 5.44. The third-order valence-corrected chi connectivity index (χ3v) is 12.8. The minimum absolute atomic E-state index is 0.221. The predicted molar refractivity (Wildman–Crippen MR) is 221 cm³/mol. The SMILES string of the molecule is O=COc1ccc(C2=C3c4ccccc4C4=[N+]3C35n6c(c7ccccc7c62)N=C2c6ccccc6C(=[N+]23)C(c2ccc(C(=O)O)cc2)=c2c3ccccc3c(n25)=N4)cc1. The average molecular weight is 763 g/mol. The number of aromatic carboxylic acids is 1. The van der Waals surface area contributed by atoms with Crippen molar-refractivity contribution in [3.8, 4) is 5.75 Å². The molecule has 0 amide bonds. The van der Waals surface area contributed by atoms with Gasteiger partial charge in [-0.05, 0) is 81.8 Å². The minimum Gasteiger partial charge on any atom is -0.478 e. The molecule has 0 radical (unpaired) electrons. The molecule has 14 rings (SSSR count). The van der Waals surface area contributed by atoms with E-state index >= 15 is 0 Å². The Balaban J connectivity index is 1.28. The van der Waals surface area contributed by atoms with Gasteiger partial charge in [0.05, 0.1) is 49.7 Å². The fourth-order valence-corrected chi connectivity index (χ4v) is 10.6. The van der Waals surface area contributed by atoms with Gasteiger partial charge in [-0.25, -0.2) is 13.9 Å². The molecule has 10 nitrogen and oxygen atoms in total. The molecule has 1 spiro atoms. The van der Waals surface area contributed by atoms with E-state index in [9.17, 15) is 14.7 Å². The Morgan fingerprint density at radius 1 is 0.627 bits per heavy atom. The van der Waals surface area contributed by atoms with Crippen molar-refractivity contribution < 1.29 is 28.6 Å². The molecule has 8 heterocycles. The Morgan fingerprint density at radius 2 is 1.25 bits per heavy atom. The average Bonchev–Trinajstić information content (AvgIpc) is 4.01. The summed E-state index contributed by atoms with van der Waals surface area (Å²) in [6, 6.07) is 48.9. The van der Waals surface area contributed by atoms with Crippen molar-refractivity contribution in [3.05, 3.63) is 201 Å². The molecule has 0 aliphatic carbocycles. The molecule has 1 unspecified atom stereocenters. The summed E-state index contributed by atoms with van der Waals surface area (Å²) in [5.41, 5.74) is 12.0. The van der Waals surface area contributed by atoms with Crippen LogP contribution in [0.4, 0.5) is 5.82 Å². The summed E-state index contributed by atoms with van der Waals surface area (Å²) in [6.07, 6.45) is 0. The van der Waals surface area contributed by atoms with Crippen LogP contribution in [0, 0.1) is 0 Å². The topological polar surface area (TPSA) is 104 Å². The van der Waals surface area contributed by atoms with Crippen LogP contribution in [0.2, 0.25) is 0 Å². The number of benzene rings is 6. The minimum atomic E-state index is -1.14. The molecule has 6 aromatic carbocycles. The van der Waals surface area contributed by atoms with Crippen LogP contribution >= 0.6 is 0 Å². The number of carbonyl (C=O) groups is 2. The van der Waals surface area contributed by atoms with Crippen LogP contribution in [0.15, 0.2) is 156 Å². The Labute approximate surface area is 333 Å². The van der Waals surface area contributed by atoms with Crippen molar-refractivity contribution in [1.82, 2.24) is 9.13 Å². The van der Waals surface area contributed by atoms with E-state index in [1.165, 1.54) is 0 Å². The van der Waals surface area contributed by atoms with E-state index < -0.39 is 11.9 Å². The normalized spacial score (nSPS) is 18.1. The summed E-state index contributed by atoms with van der Waals surface area (Å²) in [5, 5.41) is 15.1. The first-order valence-electron chi connectivity index (χ1n) is 19.4. The summed E-state index contributed by atoms with van der Waals surface area (Å²) >= 11 is 0. The second kappa shape index (κ2) is 10.4. The van der Waals surface area contributed by atoms with Gasteiger partial charge in [0.1, 0.15) is 5.75 Å². The molecule has 59 heavy (non-hydrogen) atoms. The molecule has 0 saturated carbocycles. The van der Waals surface area contributed by atoms with E-state index in [2.05, 4.69) is 115 Å². The number of amidine groups is 2. The van der Waals surface area contributed by atoms with Gasteiger partial charge in [0.25, 0.3) is 17.8 Å². The van der Waals surface area contributed by atoms with E-state index in [1.54, 1.807) is 12.1 Å². The molecule has 2 aromatic heterocycles. The van der Waals surface area contributed by atoms with Crippen molar-refractivity contribution in [3.63, 3.8) is 0 Å². The van der Waals surface area contributed by atoms with Crippen LogP contribution < -0.4 is 15.6 Å². The summed E-state index contributed by atoms with van der Waals surface area (Å²) < 4.78 is 15.0. The fraction of sp³-hybridized carbons (Fsp3) is 0.0204. The number of nitrogens with zero attached hydrogens (tertiary/aromatic N) is 6. The van der Waals surface area contributed by atoms with E-state index in [4.69, 9.17) is 14.7 Å². The second-order valence-corrected chi connectivity index (χ2v) is 15.4. The third kappa shape index (κ3) is 3.40. The predicted octanol–water partition coefficient (Wildman–Crippen LogP) is 6.40. The third-order valence-electron chi connectivity index (χ3n) is 12.8. The number of rotatable bonds is 5. The summed E-state index contributed by atoms with van der Waals surface area (Å²) in [6.45, 7) is 0.449. The van der Waals surface area contributed by atoms with Crippen LogP contribution in [-0.2, 0) is 10.7 Å². The number of ether oxygens (including phenoxy) is 1. The van der Waals surface area contributed by atoms with Gasteiger partial charge in [0.2, 0.25) is 0 Å². The zero-order valence-corrected chi connectivity index (χ0v) is 30.8. The zero-order valence-electron chi connectivity index (χ0n) is 30.8. The molecule has 0 bridgehead atoms. The lowest BCUT2D eigenvalue weighted by atomic mass is 9.91. The van der Waals surface area contributed by atoms with Gasteiger partial charge in [0, 0.05) is 21.9 Å². The standard InChI is InChI=1S/C49H25N6O4/c56-25-59-29-23-21-27(22-24-29)39-42-32-11-3-7-15-36(32)46-50-44-34-13-5-1-9-30(34)40-38(26-17-19-28(20-18-26)48(57)58)41-31-10-2-6-14-35(31)45-51-47-37-16-8-4-12-33(37)43(39)55(47)49(52(40)44,53(41)45)54(42)46/h1-25H/q+1/p+1. The summed E-state index contributed by atoms with van der Waals surface area (Å²) in [7, 11) is 0. The van der Waals surface area contributed by atoms with E-state index in [-0.39, 0.29) is 5.56 Å². The Hall–Kier alpha value is -8.24. The Bertz CT molecular complexity index is 3680. The largest absolute Gasteiger partial charge is 0.478 e. The van der Waals surface area contributed by atoms with Crippen molar-refractivity contribution in [1.29, 1.82) is 0 Å². The van der Waals surface area contributed by atoms with Gasteiger partial charge < -0.3 is 9.84 Å². The van der Waals surface area contributed by atoms with Gasteiger partial charge in [-0.15, -0.1) is 9.15 Å². The van der Waals surface area contributed by atoms with E-state index in [1.807, 2.05) is 36.4 Å². The van der Waals surface area contributed by atoms with Crippen molar-refractivity contribution in [2.45, 2.75) is 5.91 Å². The molecule has 0 fully saturated rings. The fourth-order valence-electron chi connectivity index (χ4n) is 10.6. The number of hydrogen-bond donors (Lipinski definition) is 1. The molecule has 10 heteroatoms. The van der Waals surface area contributed by atoms with Gasteiger partial charge in [-0.2, -0.15) is 0 Å². The molecule has 0 saturated heterocycles. The number of carboxylic acids is 1. The second-order valence-electron chi connectivity index (χ2n) is 15.4. The molecular weight excluding hydrogens is 737 g/mol. The highest BCUT2D eigenvalue weighted by Gasteiger charge is 2.71. The maximum absolute atomic E-state index is 12.1. The summed E-state index contributed by atoms with van der Waals surface area (Å²) in [4.78, 5) is 34.9. The number of aliphatic imine (C=N–C) groups is 1. The zero-order chi connectivity index (χ0) is 38.9. The van der Waals surface area contributed by atoms with Crippen molar-refractivity contribution in [2.75, 3.05) is 0 Å². The van der Waals surface area contributed by atoms with Crippen LogP contribution in [-0.4, -0.2) is 53.2 Å². The molecular formula is C49H26N6O4+2. The van der Waals surface area contributed by atoms with Crippen LogP contribution in [0.5, 0.6) is 5.75 Å². The number of aromatic nitrogens is 2. The first-order chi connectivity index (χ1) is 29.1.